The lowest BCUT2D eigenvalue weighted by Gasteiger charge is -2.17. The van der Waals surface area contributed by atoms with Gasteiger partial charge in [0.15, 0.2) is 0 Å². The van der Waals surface area contributed by atoms with Crippen molar-refractivity contribution in [2.75, 3.05) is 6.61 Å². The van der Waals surface area contributed by atoms with E-state index in [9.17, 15) is 4.79 Å². The van der Waals surface area contributed by atoms with Crippen LogP contribution in [0, 0.1) is 0 Å². The molecule has 0 N–H and O–H groups in total. The maximum absolute atomic E-state index is 12.5. The Morgan fingerprint density at radius 1 is 0.815 bits per heavy atom. The SMILES string of the molecule is CCOC(=O)C(Cc1ccccc1)c1ccc(OCc2ccccc2)cc1. The molecule has 3 nitrogen and oxygen atoms in total. The van der Waals surface area contributed by atoms with E-state index in [1.807, 2.05) is 91.9 Å². The van der Waals surface area contributed by atoms with Gasteiger partial charge in [-0.15, -0.1) is 0 Å². The Balaban J connectivity index is 1.71. The Kier molecular flexibility index (Phi) is 6.64. The van der Waals surface area contributed by atoms with Crippen LogP contribution in [0.25, 0.3) is 0 Å². The van der Waals surface area contributed by atoms with Gasteiger partial charge in [0.25, 0.3) is 0 Å². The molecule has 3 aromatic rings. The molecular formula is C24H24O3. The van der Waals surface area contributed by atoms with Crippen molar-refractivity contribution in [2.45, 2.75) is 25.9 Å². The van der Waals surface area contributed by atoms with E-state index in [4.69, 9.17) is 9.47 Å². The molecule has 0 saturated carbocycles. The van der Waals surface area contributed by atoms with Gasteiger partial charge in [0.2, 0.25) is 0 Å². The number of esters is 1. The molecule has 0 spiro atoms. The van der Waals surface area contributed by atoms with Gasteiger partial charge >= 0.3 is 5.97 Å². The molecule has 3 aromatic carbocycles. The third-order valence-electron chi connectivity index (χ3n) is 4.38. The van der Waals surface area contributed by atoms with Crippen LogP contribution in [0.15, 0.2) is 84.9 Å². The van der Waals surface area contributed by atoms with Crippen LogP contribution in [0.2, 0.25) is 0 Å². The fourth-order valence-electron chi connectivity index (χ4n) is 2.97. The van der Waals surface area contributed by atoms with Gasteiger partial charge < -0.3 is 9.47 Å². The molecule has 0 fully saturated rings. The summed E-state index contributed by atoms with van der Waals surface area (Å²) in [6.45, 7) is 2.73. The number of rotatable bonds is 8. The highest BCUT2D eigenvalue weighted by molar-refractivity contribution is 5.78. The molecule has 138 valence electrons. The normalized spacial score (nSPS) is 11.6. The number of ether oxygens (including phenoxy) is 2. The van der Waals surface area contributed by atoms with Crippen LogP contribution < -0.4 is 4.74 Å². The molecule has 0 aliphatic carbocycles. The number of carbonyl (C=O) groups excluding carboxylic acids is 1. The predicted molar refractivity (Wildman–Crippen MR) is 107 cm³/mol. The Labute approximate surface area is 160 Å². The topological polar surface area (TPSA) is 35.5 Å². The van der Waals surface area contributed by atoms with Crippen molar-refractivity contribution < 1.29 is 14.3 Å². The van der Waals surface area contributed by atoms with Gasteiger partial charge in [-0.1, -0.05) is 72.8 Å². The summed E-state index contributed by atoms with van der Waals surface area (Å²) < 4.78 is 11.1. The van der Waals surface area contributed by atoms with Crippen LogP contribution in [0.1, 0.15) is 29.5 Å². The Bertz CT molecular complexity index is 827. The highest BCUT2D eigenvalue weighted by Crippen LogP contribution is 2.25. The lowest BCUT2D eigenvalue weighted by Crippen LogP contribution is -2.18. The van der Waals surface area contributed by atoms with Crippen molar-refractivity contribution >= 4 is 5.97 Å². The van der Waals surface area contributed by atoms with Gasteiger partial charge in [-0.3, -0.25) is 4.79 Å². The second kappa shape index (κ2) is 9.58. The first-order chi connectivity index (χ1) is 13.3. The quantitative estimate of drug-likeness (QED) is 0.521. The summed E-state index contributed by atoms with van der Waals surface area (Å²) in [4.78, 5) is 12.5. The zero-order valence-electron chi connectivity index (χ0n) is 15.5. The van der Waals surface area contributed by atoms with E-state index in [1.165, 1.54) is 0 Å². The minimum atomic E-state index is -0.324. The lowest BCUT2D eigenvalue weighted by atomic mass is 9.92. The molecule has 0 aromatic heterocycles. The fraction of sp³-hybridized carbons (Fsp3) is 0.208. The highest BCUT2D eigenvalue weighted by Gasteiger charge is 2.22. The molecule has 1 atom stereocenters. The van der Waals surface area contributed by atoms with E-state index in [2.05, 4.69) is 0 Å². The van der Waals surface area contributed by atoms with Crippen LogP contribution in [-0.2, 0) is 22.6 Å². The van der Waals surface area contributed by atoms with Gasteiger partial charge in [-0.2, -0.15) is 0 Å². The zero-order chi connectivity index (χ0) is 18.9. The molecule has 27 heavy (non-hydrogen) atoms. The van der Waals surface area contributed by atoms with Gasteiger partial charge in [-0.05, 0) is 42.2 Å². The van der Waals surface area contributed by atoms with Crippen molar-refractivity contribution in [3.8, 4) is 5.75 Å². The maximum Gasteiger partial charge on any atom is 0.313 e. The number of carbonyl (C=O) groups is 1. The van der Waals surface area contributed by atoms with E-state index in [0.29, 0.717) is 19.6 Å². The second-order valence-corrected chi connectivity index (χ2v) is 6.34. The standard InChI is InChI=1S/C24H24O3/c1-2-26-24(25)23(17-19-9-5-3-6-10-19)21-13-15-22(16-14-21)27-18-20-11-7-4-8-12-20/h3-16,23H,2,17-18H2,1H3. The van der Waals surface area contributed by atoms with Crippen LogP contribution in [0.5, 0.6) is 5.75 Å². The van der Waals surface area contributed by atoms with Crippen molar-refractivity contribution in [1.29, 1.82) is 0 Å². The summed E-state index contributed by atoms with van der Waals surface area (Å²) in [5.74, 6) is 0.264. The average Bonchev–Trinajstić information content (AvgIpc) is 2.73. The molecule has 0 amide bonds. The highest BCUT2D eigenvalue weighted by atomic mass is 16.5. The van der Waals surface area contributed by atoms with Crippen LogP contribution in [0.4, 0.5) is 0 Å². The maximum atomic E-state index is 12.5. The summed E-state index contributed by atoms with van der Waals surface area (Å²) in [5, 5.41) is 0. The van der Waals surface area contributed by atoms with E-state index in [1.54, 1.807) is 0 Å². The van der Waals surface area contributed by atoms with Gasteiger partial charge in [0, 0.05) is 0 Å². The predicted octanol–water partition coefficient (Wildman–Crippen LogP) is 5.16. The molecular weight excluding hydrogens is 336 g/mol. The summed E-state index contributed by atoms with van der Waals surface area (Å²) in [6, 6.07) is 27.8. The van der Waals surface area contributed by atoms with E-state index < -0.39 is 0 Å². The molecule has 0 aliphatic rings. The Morgan fingerprint density at radius 3 is 2.00 bits per heavy atom. The average molecular weight is 360 g/mol. The number of benzene rings is 3. The largest absolute Gasteiger partial charge is 0.489 e. The Hall–Kier alpha value is -3.07. The first-order valence-corrected chi connectivity index (χ1v) is 9.23. The van der Waals surface area contributed by atoms with Crippen LogP contribution >= 0.6 is 0 Å². The first-order valence-electron chi connectivity index (χ1n) is 9.23. The van der Waals surface area contributed by atoms with E-state index in [-0.39, 0.29) is 11.9 Å². The third-order valence-corrected chi connectivity index (χ3v) is 4.38. The molecule has 3 heteroatoms. The van der Waals surface area contributed by atoms with Gasteiger partial charge in [-0.25, -0.2) is 0 Å². The summed E-state index contributed by atoms with van der Waals surface area (Å²) >= 11 is 0. The van der Waals surface area contributed by atoms with Crippen molar-refractivity contribution in [1.82, 2.24) is 0 Å². The molecule has 1 unspecified atom stereocenters. The minimum absolute atomic E-state index is 0.195. The smallest absolute Gasteiger partial charge is 0.313 e. The van der Waals surface area contributed by atoms with Crippen LogP contribution in [0.3, 0.4) is 0 Å². The number of hydrogen-bond acceptors (Lipinski definition) is 3. The lowest BCUT2D eigenvalue weighted by molar-refractivity contribution is -0.144. The fourth-order valence-corrected chi connectivity index (χ4v) is 2.97. The van der Waals surface area contributed by atoms with Crippen molar-refractivity contribution in [2.24, 2.45) is 0 Å². The Morgan fingerprint density at radius 2 is 1.41 bits per heavy atom. The minimum Gasteiger partial charge on any atom is -0.489 e. The number of hydrogen-bond donors (Lipinski definition) is 0. The summed E-state index contributed by atoms with van der Waals surface area (Å²) in [7, 11) is 0. The third kappa shape index (κ3) is 5.45. The van der Waals surface area contributed by atoms with Gasteiger partial charge in [0.05, 0.1) is 12.5 Å². The van der Waals surface area contributed by atoms with Crippen LogP contribution in [-0.4, -0.2) is 12.6 Å². The van der Waals surface area contributed by atoms with Gasteiger partial charge in [0.1, 0.15) is 12.4 Å². The van der Waals surface area contributed by atoms with Crippen molar-refractivity contribution in [3.05, 3.63) is 102 Å². The summed E-state index contributed by atoms with van der Waals surface area (Å²) in [6.07, 6.45) is 0.615. The molecule has 0 aliphatic heterocycles. The molecule has 0 bridgehead atoms. The molecule has 0 heterocycles. The zero-order valence-corrected chi connectivity index (χ0v) is 15.5. The molecule has 3 rings (SSSR count). The summed E-state index contributed by atoms with van der Waals surface area (Å²) in [5.41, 5.74) is 3.17. The monoisotopic (exact) mass is 360 g/mol. The van der Waals surface area contributed by atoms with Crippen molar-refractivity contribution in [3.63, 3.8) is 0 Å². The second-order valence-electron chi connectivity index (χ2n) is 6.34. The first kappa shape index (κ1) is 18.7. The van der Waals surface area contributed by atoms with E-state index in [0.717, 1.165) is 22.4 Å². The van der Waals surface area contributed by atoms with E-state index >= 15 is 0 Å². The molecule has 0 saturated heterocycles. The molecule has 0 radical (unpaired) electrons.